The summed E-state index contributed by atoms with van der Waals surface area (Å²) >= 11 is 0. The number of aromatic amines is 1. The Balaban J connectivity index is 1.89. The number of hydrogen-bond acceptors (Lipinski definition) is 5. The van der Waals surface area contributed by atoms with Crippen LogP contribution in [-0.2, 0) is 0 Å². The van der Waals surface area contributed by atoms with Crippen LogP contribution in [-0.4, -0.2) is 19.6 Å². The average molecular weight is 270 g/mol. The summed E-state index contributed by atoms with van der Waals surface area (Å²) in [5.74, 6) is 0.632. The summed E-state index contributed by atoms with van der Waals surface area (Å²) in [6.45, 7) is 1.99. The van der Waals surface area contributed by atoms with Gasteiger partial charge in [0.2, 0.25) is 0 Å². The van der Waals surface area contributed by atoms with Gasteiger partial charge in [-0.05, 0) is 18.6 Å². The van der Waals surface area contributed by atoms with Gasteiger partial charge in [0.25, 0.3) is 0 Å². The maximum Gasteiger partial charge on any atom is 0.348 e. The van der Waals surface area contributed by atoms with Crippen LogP contribution in [0.5, 0.6) is 0 Å². The largest absolute Gasteiger partial charge is 0.398 e. The van der Waals surface area contributed by atoms with Gasteiger partial charge in [-0.3, -0.25) is 0 Å². The smallest absolute Gasteiger partial charge is 0.348 e. The van der Waals surface area contributed by atoms with Gasteiger partial charge in [0, 0.05) is 11.8 Å². The number of para-hydroxylation sites is 1. The lowest BCUT2D eigenvalue weighted by atomic mass is 10.1. The normalized spacial score (nSPS) is 12.4. The van der Waals surface area contributed by atoms with E-state index in [2.05, 4.69) is 20.5 Å². The molecule has 0 spiro atoms. The van der Waals surface area contributed by atoms with Crippen LogP contribution in [0.15, 0.2) is 41.5 Å². The van der Waals surface area contributed by atoms with Crippen molar-refractivity contribution in [2.24, 2.45) is 0 Å². The predicted octanol–water partition coefficient (Wildman–Crippen LogP) is 1.17. The van der Waals surface area contributed by atoms with Crippen molar-refractivity contribution >= 4 is 17.2 Å². The fraction of sp³-hybridized carbons (Fsp3) is 0.154. The molecule has 0 saturated heterocycles. The first-order valence-electron chi connectivity index (χ1n) is 6.19. The highest BCUT2D eigenvalue weighted by atomic mass is 16.1. The molecule has 0 saturated carbocycles. The van der Waals surface area contributed by atoms with Crippen LogP contribution in [0, 0.1) is 0 Å². The molecule has 1 aromatic carbocycles. The lowest BCUT2D eigenvalue weighted by molar-refractivity contribution is 0.872. The van der Waals surface area contributed by atoms with Crippen LogP contribution in [0.2, 0.25) is 0 Å². The van der Waals surface area contributed by atoms with E-state index in [4.69, 9.17) is 5.73 Å². The molecule has 0 aliphatic rings. The summed E-state index contributed by atoms with van der Waals surface area (Å²) in [4.78, 5) is 15.5. The number of aromatic nitrogens is 4. The number of hydrogen-bond donors (Lipinski definition) is 3. The molecule has 7 nitrogen and oxygen atoms in total. The van der Waals surface area contributed by atoms with Crippen LogP contribution in [0.25, 0.3) is 5.65 Å². The van der Waals surface area contributed by atoms with Gasteiger partial charge in [0.15, 0.2) is 5.65 Å². The molecule has 7 heteroatoms. The zero-order valence-electron chi connectivity index (χ0n) is 10.9. The summed E-state index contributed by atoms with van der Waals surface area (Å²) in [5, 5.41) is 9.50. The molecule has 0 aliphatic heterocycles. The Labute approximate surface area is 114 Å². The molecule has 1 unspecified atom stereocenters. The maximum atomic E-state index is 11.3. The number of H-pyrrole nitrogens is 1. The molecule has 3 aromatic rings. The van der Waals surface area contributed by atoms with Crippen molar-refractivity contribution in [1.29, 1.82) is 0 Å². The van der Waals surface area contributed by atoms with Crippen molar-refractivity contribution in [2.45, 2.75) is 13.0 Å². The summed E-state index contributed by atoms with van der Waals surface area (Å²) < 4.78 is 1.34. The number of nitrogen functional groups attached to an aromatic ring is 1. The molecule has 0 aliphatic carbocycles. The first-order valence-corrected chi connectivity index (χ1v) is 6.19. The van der Waals surface area contributed by atoms with Crippen LogP contribution >= 0.6 is 0 Å². The first-order chi connectivity index (χ1) is 9.65. The third-order valence-corrected chi connectivity index (χ3v) is 3.14. The van der Waals surface area contributed by atoms with E-state index in [0.717, 1.165) is 11.3 Å². The molecule has 2 heterocycles. The fourth-order valence-electron chi connectivity index (χ4n) is 2.09. The van der Waals surface area contributed by atoms with E-state index in [-0.39, 0.29) is 11.7 Å². The second-order valence-electron chi connectivity index (χ2n) is 4.53. The number of rotatable bonds is 3. The van der Waals surface area contributed by atoms with Crippen LogP contribution < -0.4 is 16.7 Å². The van der Waals surface area contributed by atoms with Crippen molar-refractivity contribution in [1.82, 2.24) is 19.6 Å². The quantitative estimate of drug-likeness (QED) is 0.620. The Bertz CT molecular complexity index is 806. The number of nitrogens with one attached hydrogen (secondary N) is 2. The standard InChI is InChI=1S/C13H14N6O/c1-8(9-4-2-3-5-10(9)14)16-11-6-12-17-18-13(20)19(12)7-15-11/h2-8,16H,14H2,1H3,(H,18,20). The van der Waals surface area contributed by atoms with Crippen LogP contribution in [0.1, 0.15) is 18.5 Å². The molecule has 0 bridgehead atoms. The molecule has 2 aromatic heterocycles. The molecule has 4 N–H and O–H groups in total. The molecule has 20 heavy (non-hydrogen) atoms. The van der Waals surface area contributed by atoms with E-state index in [9.17, 15) is 4.79 Å². The van der Waals surface area contributed by atoms with Crippen LogP contribution in [0.4, 0.5) is 11.5 Å². The zero-order valence-corrected chi connectivity index (χ0v) is 10.9. The van der Waals surface area contributed by atoms with Crippen molar-refractivity contribution < 1.29 is 0 Å². The SMILES string of the molecule is CC(Nc1cc2n[nH]c(=O)n2cn1)c1ccccc1N. The monoisotopic (exact) mass is 270 g/mol. The number of nitrogens with zero attached hydrogens (tertiary/aromatic N) is 3. The minimum atomic E-state index is -0.306. The Morgan fingerprint density at radius 2 is 2.20 bits per heavy atom. The van der Waals surface area contributed by atoms with Gasteiger partial charge >= 0.3 is 5.69 Å². The molecular weight excluding hydrogens is 256 g/mol. The maximum absolute atomic E-state index is 11.3. The summed E-state index contributed by atoms with van der Waals surface area (Å²) in [6.07, 6.45) is 1.44. The van der Waals surface area contributed by atoms with E-state index in [1.54, 1.807) is 6.07 Å². The topological polar surface area (TPSA) is 101 Å². The highest BCUT2D eigenvalue weighted by molar-refractivity contribution is 5.53. The van der Waals surface area contributed by atoms with Gasteiger partial charge in [0.05, 0.1) is 6.04 Å². The molecule has 102 valence electrons. The molecule has 0 radical (unpaired) electrons. The number of nitrogens with two attached hydrogens (primary N) is 1. The Morgan fingerprint density at radius 3 is 3.00 bits per heavy atom. The highest BCUT2D eigenvalue weighted by Crippen LogP contribution is 2.22. The first kappa shape index (κ1) is 12.2. The van der Waals surface area contributed by atoms with E-state index in [1.165, 1.54) is 10.7 Å². The summed E-state index contributed by atoms with van der Waals surface area (Å²) in [6, 6.07) is 9.35. The van der Waals surface area contributed by atoms with E-state index < -0.39 is 0 Å². The predicted molar refractivity (Wildman–Crippen MR) is 76.5 cm³/mol. The third-order valence-electron chi connectivity index (χ3n) is 3.14. The second-order valence-corrected chi connectivity index (χ2v) is 4.53. The van der Waals surface area contributed by atoms with Crippen molar-refractivity contribution in [3.63, 3.8) is 0 Å². The third kappa shape index (κ3) is 2.09. The number of anilines is 2. The Morgan fingerprint density at radius 1 is 1.40 bits per heavy atom. The Hall–Kier alpha value is -2.83. The molecular formula is C13H14N6O. The van der Waals surface area contributed by atoms with Gasteiger partial charge in [-0.15, -0.1) is 0 Å². The number of benzene rings is 1. The Kier molecular flexibility index (Phi) is 2.86. The lowest BCUT2D eigenvalue weighted by Gasteiger charge is -2.16. The number of fused-ring (bicyclic) bond motifs is 1. The molecule has 0 fully saturated rings. The van der Waals surface area contributed by atoms with Crippen LogP contribution in [0.3, 0.4) is 0 Å². The molecule has 3 rings (SSSR count). The lowest BCUT2D eigenvalue weighted by Crippen LogP contribution is -2.12. The van der Waals surface area contributed by atoms with Gasteiger partial charge in [-0.25, -0.2) is 19.3 Å². The fourth-order valence-corrected chi connectivity index (χ4v) is 2.09. The average Bonchev–Trinajstić information content (AvgIpc) is 2.80. The van der Waals surface area contributed by atoms with E-state index in [1.807, 2.05) is 31.2 Å². The molecule has 0 amide bonds. The van der Waals surface area contributed by atoms with Gasteiger partial charge in [-0.2, -0.15) is 5.10 Å². The highest BCUT2D eigenvalue weighted by Gasteiger charge is 2.10. The van der Waals surface area contributed by atoms with Crippen molar-refractivity contribution in [2.75, 3.05) is 11.1 Å². The summed E-state index contributed by atoms with van der Waals surface area (Å²) in [7, 11) is 0. The molecule has 1 atom stereocenters. The minimum Gasteiger partial charge on any atom is -0.398 e. The van der Waals surface area contributed by atoms with Gasteiger partial charge in [-0.1, -0.05) is 18.2 Å². The van der Waals surface area contributed by atoms with Gasteiger partial charge in [0.1, 0.15) is 12.1 Å². The summed E-state index contributed by atoms with van der Waals surface area (Å²) in [5.41, 5.74) is 7.87. The van der Waals surface area contributed by atoms with Crippen molar-refractivity contribution in [3.05, 3.63) is 52.7 Å². The van der Waals surface area contributed by atoms with Gasteiger partial charge < -0.3 is 11.1 Å². The second kappa shape index (κ2) is 4.69. The van der Waals surface area contributed by atoms with Crippen molar-refractivity contribution in [3.8, 4) is 0 Å². The van der Waals surface area contributed by atoms with E-state index in [0.29, 0.717) is 11.5 Å². The minimum absolute atomic E-state index is 0.00295. The zero-order chi connectivity index (χ0) is 14.1. The van der Waals surface area contributed by atoms with E-state index >= 15 is 0 Å².